The van der Waals surface area contributed by atoms with E-state index in [0.717, 1.165) is 0 Å². The van der Waals surface area contributed by atoms with Crippen LogP contribution < -0.4 is 10.2 Å². The lowest BCUT2D eigenvalue weighted by atomic mass is 10.2. The Kier molecular flexibility index (Phi) is 7.42. The van der Waals surface area contributed by atoms with E-state index in [1.165, 1.54) is 0 Å². The molecule has 0 rings (SSSR count). The van der Waals surface area contributed by atoms with Gasteiger partial charge in [0.2, 0.25) is 0 Å². The molecule has 90 valence electrons. The van der Waals surface area contributed by atoms with Gasteiger partial charge in [0.1, 0.15) is 6.61 Å². The monoisotopic (exact) mass is 261 g/mol. The third-order valence-electron chi connectivity index (χ3n) is 1.39. The summed E-state index contributed by atoms with van der Waals surface area (Å²) in [5, 5.41) is 2.72. The first kappa shape index (κ1) is 15.1. The van der Waals surface area contributed by atoms with Crippen molar-refractivity contribution < 1.29 is 32.9 Å². The van der Waals surface area contributed by atoms with Crippen molar-refractivity contribution in [2.24, 2.45) is 5.92 Å². The van der Waals surface area contributed by atoms with Crippen LogP contribution in [-0.4, -0.2) is 36.6 Å². The molecule has 3 N–H and O–H groups in total. The number of phosphoric ester groups is 1. The molecule has 0 saturated carbocycles. The van der Waals surface area contributed by atoms with Gasteiger partial charge >= 0.3 is 16.1 Å². The van der Waals surface area contributed by atoms with Crippen LogP contribution in [0.4, 0.5) is 0 Å². The summed E-state index contributed by atoms with van der Waals surface area (Å²) in [6.45, 7) is -0.142. The van der Waals surface area contributed by atoms with E-state index in [4.69, 9.17) is 9.79 Å². The summed E-state index contributed by atoms with van der Waals surface area (Å²) >= 11 is 0. The first-order chi connectivity index (χ1) is 6.85. The maximum atomic E-state index is 10.4. The Morgan fingerprint density at radius 2 is 2.13 bits per heavy atom. The first-order valence-electron chi connectivity index (χ1n) is 3.97. The minimum absolute atomic E-state index is 0.181. The van der Waals surface area contributed by atoms with Crippen molar-refractivity contribution in [3.63, 3.8) is 0 Å². The normalized spacial score (nSPS) is 15.1. The van der Waals surface area contributed by atoms with Crippen LogP contribution in [0.2, 0.25) is 0 Å². The van der Waals surface area contributed by atoms with Crippen LogP contribution in [0.1, 0.15) is 0 Å². The molecule has 0 aromatic rings. The molecule has 0 radical (unpaired) electrons. The molecule has 0 saturated heterocycles. The van der Waals surface area contributed by atoms with E-state index in [-0.39, 0.29) is 13.2 Å². The second-order valence-electron chi connectivity index (χ2n) is 2.73. The van der Waals surface area contributed by atoms with Crippen molar-refractivity contribution >= 4 is 16.1 Å². The van der Waals surface area contributed by atoms with E-state index < -0.39 is 22.0 Å². The summed E-state index contributed by atoms with van der Waals surface area (Å²) < 4.78 is 29.0. The van der Waals surface area contributed by atoms with E-state index in [0.29, 0.717) is 6.54 Å². The van der Waals surface area contributed by atoms with E-state index >= 15 is 0 Å². The Morgan fingerprint density at radius 3 is 2.53 bits per heavy atom. The molecule has 2 atom stereocenters. The molecule has 0 amide bonds. The Labute approximate surface area is 87.8 Å². The predicted molar refractivity (Wildman–Crippen MR) is 49.0 cm³/mol. The highest BCUT2D eigenvalue weighted by Gasteiger charge is 2.19. The minimum atomic E-state index is -4.52. The van der Waals surface area contributed by atoms with E-state index in [1.807, 2.05) is 0 Å². The molecule has 0 fully saturated rings. The van der Waals surface area contributed by atoms with Gasteiger partial charge in [0.05, 0.1) is 6.61 Å². The third kappa shape index (κ3) is 10.4. The summed E-state index contributed by atoms with van der Waals surface area (Å²) in [6, 6.07) is 0. The van der Waals surface area contributed by atoms with Gasteiger partial charge < -0.3 is 20.0 Å². The maximum Gasteiger partial charge on any atom is 0.488 e. The number of phosphoric acid groups is 1. The zero-order valence-corrected chi connectivity index (χ0v) is 9.82. The highest BCUT2D eigenvalue weighted by Crippen LogP contribution is 2.36. The predicted octanol–water partition coefficient (Wildman–Crippen LogP) is -1.03. The lowest BCUT2D eigenvalue weighted by molar-refractivity contribution is -0.186. The average Bonchev–Trinajstić information content (AvgIpc) is 2.08. The fourth-order valence-electron chi connectivity index (χ4n) is 0.823. The Hall–Kier alpha value is 0.0900. The number of hydrogen-bond acceptors (Lipinski definition) is 6. The molecule has 2 unspecified atom stereocenters. The number of nitrogens with one attached hydrogen (secondary N) is 1. The van der Waals surface area contributed by atoms with Crippen molar-refractivity contribution in [2.45, 2.75) is 0 Å². The molecule has 10 heteroatoms. The fourth-order valence-corrected chi connectivity index (χ4v) is 1.56. The van der Waals surface area contributed by atoms with Crippen LogP contribution in [0.25, 0.3) is 0 Å². The topological polar surface area (TPSA) is 128 Å². The first-order valence-corrected chi connectivity index (χ1v) is 6.59. The van der Waals surface area contributed by atoms with Crippen molar-refractivity contribution in [1.29, 1.82) is 0 Å². The highest BCUT2D eigenvalue weighted by atomic mass is 31.2. The summed E-state index contributed by atoms with van der Waals surface area (Å²) in [6.07, 6.45) is 0. The van der Waals surface area contributed by atoms with Crippen LogP contribution in [0.3, 0.4) is 0 Å². The van der Waals surface area contributed by atoms with Crippen molar-refractivity contribution in [3.05, 3.63) is 0 Å². The van der Waals surface area contributed by atoms with E-state index in [1.54, 1.807) is 7.05 Å². The fraction of sp³-hybridized carbons (Fsp3) is 1.00. The molecule has 0 aliphatic rings. The van der Waals surface area contributed by atoms with E-state index in [2.05, 4.69) is 14.4 Å². The number of rotatable bonds is 8. The van der Waals surface area contributed by atoms with Crippen molar-refractivity contribution in [1.82, 2.24) is 5.32 Å². The largest absolute Gasteiger partial charge is 0.566 e. The van der Waals surface area contributed by atoms with Crippen molar-refractivity contribution in [2.75, 3.05) is 26.8 Å². The SMILES string of the molecule is CNCC(CO[P+](=O)[O-])COP(=O)(O)O. The summed E-state index contributed by atoms with van der Waals surface area (Å²) in [5.74, 6) is -0.449. The second-order valence-corrected chi connectivity index (χ2v) is 4.67. The molecule has 0 aromatic heterocycles. The zero-order chi connectivity index (χ0) is 11.9. The van der Waals surface area contributed by atoms with E-state index in [9.17, 15) is 14.0 Å². The van der Waals surface area contributed by atoms with Gasteiger partial charge in [0.15, 0.2) is 0 Å². The molecule has 0 aliphatic heterocycles. The van der Waals surface area contributed by atoms with Gasteiger partial charge in [-0.3, -0.25) is 4.52 Å². The summed E-state index contributed by atoms with van der Waals surface area (Å²) in [7, 11) is -5.87. The Morgan fingerprint density at radius 1 is 1.53 bits per heavy atom. The van der Waals surface area contributed by atoms with Crippen LogP contribution in [0, 0.1) is 5.92 Å². The van der Waals surface area contributed by atoms with Gasteiger partial charge in [0.25, 0.3) is 0 Å². The quantitative estimate of drug-likeness (QED) is 0.473. The molecule has 8 nitrogen and oxygen atoms in total. The molecule has 0 aliphatic carbocycles. The van der Waals surface area contributed by atoms with Crippen LogP contribution in [0.15, 0.2) is 0 Å². The van der Waals surface area contributed by atoms with Gasteiger partial charge in [-0.15, -0.1) is 4.52 Å². The van der Waals surface area contributed by atoms with Gasteiger partial charge in [-0.2, -0.15) is 0 Å². The maximum absolute atomic E-state index is 10.4. The van der Waals surface area contributed by atoms with Gasteiger partial charge in [-0.1, -0.05) is 0 Å². The molecule has 0 bridgehead atoms. The third-order valence-corrected chi connectivity index (χ3v) is 2.23. The molecule has 0 spiro atoms. The smallest absolute Gasteiger partial charge is 0.488 e. The highest BCUT2D eigenvalue weighted by molar-refractivity contribution is 7.46. The van der Waals surface area contributed by atoms with Gasteiger partial charge in [-0.05, 0) is 11.6 Å². The molecule has 0 aromatic carbocycles. The lowest BCUT2D eigenvalue weighted by Crippen LogP contribution is -2.26. The standard InChI is InChI=1S/C5H13NO7P2/c1-6-2-5(3-12-14(7)8)4-13-15(9,10)11/h5-6H,2-4H2,1H3,(H2,9,10,11). The lowest BCUT2D eigenvalue weighted by Gasteiger charge is -2.14. The molecule has 0 heterocycles. The summed E-state index contributed by atoms with van der Waals surface area (Å²) in [5.41, 5.74) is 0. The zero-order valence-electron chi connectivity index (χ0n) is 8.03. The van der Waals surface area contributed by atoms with Crippen LogP contribution in [-0.2, 0) is 18.2 Å². The molecule has 15 heavy (non-hydrogen) atoms. The van der Waals surface area contributed by atoms with Gasteiger partial charge in [0, 0.05) is 12.5 Å². The number of hydrogen-bond donors (Lipinski definition) is 3. The Bertz CT molecular complexity index is 242. The van der Waals surface area contributed by atoms with Crippen molar-refractivity contribution in [3.8, 4) is 0 Å². The van der Waals surface area contributed by atoms with Crippen LogP contribution in [0.5, 0.6) is 0 Å². The van der Waals surface area contributed by atoms with Crippen LogP contribution >= 0.6 is 16.1 Å². The molecular weight excluding hydrogens is 248 g/mol. The molecular formula is C5H13NO7P2. The summed E-state index contributed by atoms with van der Waals surface area (Å²) in [4.78, 5) is 27.0. The Balaban J connectivity index is 3.93. The van der Waals surface area contributed by atoms with Gasteiger partial charge in [-0.25, -0.2) is 4.57 Å². The minimum Gasteiger partial charge on any atom is -0.566 e. The average molecular weight is 261 g/mol. The second kappa shape index (κ2) is 7.38.